The SMILES string of the molecule is COc1ccc(N2CSC3=C(C#N)[C@@H](c4ccc(C)cc4)CC(=O)N3C2)cc1. The van der Waals surface area contributed by atoms with Gasteiger partial charge in [-0.2, -0.15) is 5.26 Å². The largest absolute Gasteiger partial charge is 0.497 e. The molecular formula is C22H21N3O2S. The first kappa shape index (κ1) is 18.5. The molecule has 1 atom stereocenters. The van der Waals surface area contributed by atoms with Crippen molar-refractivity contribution < 1.29 is 9.53 Å². The molecule has 1 fully saturated rings. The Labute approximate surface area is 169 Å². The van der Waals surface area contributed by atoms with Gasteiger partial charge in [0.2, 0.25) is 5.91 Å². The summed E-state index contributed by atoms with van der Waals surface area (Å²) in [6.45, 7) is 2.49. The first-order valence-corrected chi connectivity index (χ1v) is 10.1. The summed E-state index contributed by atoms with van der Waals surface area (Å²) < 4.78 is 5.22. The van der Waals surface area contributed by atoms with Crippen LogP contribution in [0.2, 0.25) is 0 Å². The molecule has 0 saturated carbocycles. The monoisotopic (exact) mass is 391 g/mol. The number of methoxy groups -OCH3 is 1. The Hall–Kier alpha value is -2.91. The van der Waals surface area contributed by atoms with Gasteiger partial charge in [0, 0.05) is 18.0 Å². The zero-order chi connectivity index (χ0) is 19.7. The number of rotatable bonds is 3. The van der Waals surface area contributed by atoms with Crippen molar-refractivity contribution in [2.45, 2.75) is 19.3 Å². The van der Waals surface area contributed by atoms with E-state index in [1.54, 1.807) is 23.8 Å². The minimum atomic E-state index is -0.163. The number of carbonyl (C=O) groups excluding carboxylic acids is 1. The Kier molecular flexibility index (Phi) is 5.01. The molecule has 0 bridgehead atoms. The Morgan fingerprint density at radius 1 is 1.14 bits per heavy atom. The van der Waals surface area contributed by atoms with Crippen LogP contribution in [0.15, 0.2) is 59.1 Å². The van der Waals surface area contributed by atoms with Crippen LogP contribution >= 0.6 is 11.8 Å². The van der Waals surface area contributed by atoms with Crippen LogP contribution in [-0.4, -0.2) is 30.5 Å². The predicted molar refractivity (Wildman–Crippen MR) is 111 cm³/mol. The predicted octanol–water partition coefficient (Wildman–Crippen LogP) is 4.22. The lowest BCUT2D eigenvalue weighted by Crippen LogP contribution is -2.47. The second-order valence-electron chi connectivity index (χ2n) is 6.97. The zero-order valence-electron chi connectivity index (χ0n) is 15.9. The van der Waals surface area contributed by atoms with Gasteiger partial charge in [0.25, 0.3) is 0 Å². The van der Waals surface area contributed by atoms with Crippen molar-refractivity contribution in [3.05, 3.63) is 70.3 Å². The maximum atomic E-state index is 12.9. The molecule has 2 aromatic rings. The molecule has 142 valence electrons. The van der Waals surface area contributed by atoms with Crippen LogP contribution in [0.5, 0.6) is 5.75 Å². The van der Waals surface area contributed by atoms with Crippen molar-refractivity contribution in [2.75, 3.05) is 24.6 Å². The van der Waals surface area contributed by atoms with E-state index in [9.17, 15) is 10.1 Å². The van der Waals surface area contributed by atoms with E-state index in [2.05, 4.69) is 11.0 Å². The number of anilines is 1. The van der Waals surface area contributed by atoms with E-state index in [4.69, 9.17) is 4.74 Å². The highest BCUT2D eigenvalue weighted by Crippen LogP contribution is 2.43. The van der Waals surface area contributed by atoms with Gasteiger partial charge in [-0.15, -0.1) is 0 Å². The highest BCUT2D eigenvalue weighted by Gasteiger charge is 2.38. The van der Waals surface area contributed by atoms with E-state index >= 15 is 0 Å². The van der Waals surface area contributed by atoms with E-state index in [-0.39, 0.29) is 11.8 Å². The molecule has 2 aromatic carbocycles. The highest BCUT2D eigenvalue weighted by molar-refractivity contribution is 8.03. The average molecular weight is 391 g/mol. The van der Waals surface area contributed by atoms with Crippen LogP contribution in [0.1, 0.15) is 23.5 Å². The molecule has 2 heterocycles. The maximum Gasteiger partial charge on any atom is 0.229 e. The van der Waals surface area contributed by atoms with Crippen molar-refractivity contribution in [1.82, 2.24) is 4.90 Å². The summed E-state index contributed by atoms with van der Waals surface area (Å²) in [7, 11) is 1.64. The van der Waals surface area contributed by atoms with E-state index < -0.39 is 0 Å². The quantitative estimate of drug-likeness (QED) is 0.784. The lowest BCUT2D eigenvalue weighted by molar-refractivity contribution is -0.129. The van der Waals surface area contributed by atoms with Gasteiger partial charge in [-0.25, -0.2) is 0 Å². The Balaban J connectivity index is 1.62. The Morgan fingerprint density at radius 3 is 2.50 bits per heavy atom. The molecule has 1 amide bonds. The topological polar surface area (TPSA) is 56.6 Å². The molecule has 28 heavy (non-hydrogen) atoms. The molecule has 0 aliphatic carbocycles. The number of nitrogens with zero attached hydrogens (tertiary/aromatic N) is 3. The fourth-order valence-corrected chi connectivity index (χ4v) is 4.77. The van der Waals surface area contributed by atoms with Gasteiger partial charge in [0.1, 0.15) is 5.75 Å². The van der Waals surface area contributed by atoms with Gasteiger partial charge < -0.3 is 9.64 Å². The third-order valence-electron chi connectivity index (χ3n) is 5.21. The number of hydrogen-bond acceptors (Lipinski definition) is 5. The summed E-state index contributed by atoms with van der Waals surface area (Å²) in [4.78, 5) is 16.8. The number of ether oxygens (including phenoxy) is 1. The average Bonchev–Trinajstić information content (AvgIpc) is 2.74. The number of thioether (sulfide) groups is 1. The number of nitriles is 1. The lowest BCUT2D eigenvalue weighted by atomic mass is 9.86. The van der Waals surface area contributed by atoms with Crippen molar-refractivity contribution in [3.8, 4) is 11.8 Å². The summed E-state index contributed by atoms with van der Waals surface area (Å²) in [5.41, 5.74) is 3.92. The van der Waals surface area contributed by atoms with E-state index in [1.807, 2.05) is 55.5 Å². The number of allylic oxidation sites excluding steroid dienone is 1. The van der Waals surface area contributed by atoms with Crippen molar-refractivity contribution in [2.24, 2.45) is 0 Å². The van der Waals surface area contributed by atoms with Gasteiger partial charge in [-0.05, 0) is 36.8 Å². The first-order valence-electron chi connectivity index (χ1n) is 9.13. The Bertz CT molecular complexity index is 961. The molecule has 0 spiro atoms. The number of hydrogen-bond donors (Lipinski definition) is 0. The summed E-state index contributed by atoms with van der Waals surface area (Å²) in [6, 6.07) is 18.3. The molecule has 0 radical (unpaired) electrons. The van der Waals surface area contributed by atoms with Crippen LogP contribution in [0.25, 0.3) is 0 Å². The minimum absolute atomic E-state index is 0.0605. The summed E-state index contributed by atoms with van der Waals surface area (Å²) in [5.74, 6) is 1.39. The van der Waals surface area contributed by atoms with Gasteiger partial charge in [0.15, 0.2) is 0 Å². The molecule has 1 saturated heterocycles. The fraction of sp³-hybridized carbons (Fsp3) is 0.273. The number of amides is 1. The standard InChI is InChI=1S/C22H21N3O2S/c1-15-3-5-16(6-4-15)19-11-21(26)25-13-24(14-28-22(25)20(19)12-23)17-7-9-18(27-2)10-8-17/h3-10,19H,11,13-14H2,1-2H3/t19-/m1/s1. The number of fused-ring (bicyclic) bond motifs is 1. The third kappa shape index (κ3) is 3.34. The number of benzene rings is 2. The summed E-state index contributed by atoms with van der Waals surface area (Å²) in [6.07, 6.45) is 0.326. The van der Waals surface area contributed by atoms with Gasteiger partial charge in [-0.3, -0.25) is 9.69 Å². The molecular weight excluding hydrogens is 370 g/mol. The van der Waals surface area contributed by atoms with Crippen LogP contribution in [0.4, 0.5) is 5.69 Å². The minimum Gasteiger partial charge on any atom is -0.497 e. The second-order valence-corrected chi connectivity index (χ2v) is 7.91. The molecule has 0 aromatic heterocycles. The highest BCUT2D eigenvalue weighted by atomic mass is 32.2. The van der Waals surface area contributed by atoms with E-state index in [0.29, 0.717) is 24.5 Å². The molecule has 6 heteroatoms. The maximum absolute atomic E-state index is 12.9. The fourth-order valence-electron chi connectivity index (χ4n) is 3.60. The van der Waals surface area contributed by atoms with Crippen LogP contribution in [0, 0.1) is 18.3 Å². The van der Waals surface area contributed by atoms with Gasteiger partial charge in [0.05, 0.1) is 36.3 Å². The van der Waals surface area contributed by atoms with Crippen molar-refractivity contribution in [1.29, 1.82) is 5.26 Å². The molecule has 2 aliphatic rings. The molecule has 4 rings (SSSR count). The molecule has 0 N–H and O–H groups in total. The van der Waals surface area contributed by atoms with Crippen LogP contribution in [0.3, 0.4) is 0 Å². The molecule has 5 nitrogen and oxygen atoms in total. The van der Waals surface area contributed by atoms with E-state index in [1.165, 1.54) is 5.56 Å². The van der Waals surface area contributed by atoms with Crippen molar-refractivity contribution >= 4 is 23.4 Å². The number of carbonyl (C=O) groups is 1. The van der Waals surface area contributed by atoms with Crippen molar-refractivity contribution in [3.63, 3.8) is 0 Å². The lowest BCUT2D eigenvalue weighted by Gasteiger charge is -2.42. The summed E-state index contributed by atoms with van der Waals surface area (Å²) >= 11 is 1.55. The summed E-state index contributed by atoms with van der Waals surface area (Å²) in [5, 5.41) is 10.7. The second kappa shape index (κ2) is 7.61. The number of aryl methyl sites for hydroxylation is 1. The molecule has 2 aliphatic heterocycles. The first-order chi connectivity index (χ1) is 13.6. The normalized spacial score (nSPS) is 19.3. The Morgan fingerprint density at radius 2 is 1.86 bits per heavy atom. The third-order valence-corrected chi connectivity index (χ3v) is 6.37. The van der Waals surface area contributed by atoms with Gasteiger partial charge in [-0.1, -0.05) is 41.6 Å². The van der Waals surface area contributed by atoms with Crippen LogP contribution in [-0.2, 0) is 4.79 Å². The smallest absolute Gasteiger partial charge is 0.229 e. The van der Waals surface area contributed by atoms with E-state index in [0.717, 1.165) is 22.0 Å². The van der Waals surface area contributed by atoms with Crippen LogP contribution < -0.4 is 9.64 Å². The van der Waals surface area contributed by atoms with Gasteiger partial charge >= 0.3 is 0 Å². The zero-order valence-corrected chi connectivity index (χ0v) is 16.7. The molecule has 0 unspecified atom stereocenters.